The van der Waals surface area contributed by atoms with E-state index in [0.29, 0.717) is 0 Å². The van der Waals surface area contributed by atoms with Gasteiger partial charge in [-0.05, 0) is 31.2 Å². The van der Waals surface area contributed by atoms with Crippen LogP contribution in [0.2, 0.25) is 0 Å². The number of benzene rings is 1. The Morgan fingerprint density at radius 2 is 1.83 bits per heavy atom. The van der Waals surface area contributed by atoms with Gasteiger partial charge in [-0.25, -0.2) is 0 Å². The number of carbonyl (C=O) groups is 3. The van der Waals surface area contributed by atoms with Crippen LogP contribution in [0.25, 0.3) is 0 Å². The number of carbonyl (C=O) groups excluding carboxylic acids is 3. The summed E-state index contributed by atoms with van der Waals surface area (Å²) >= 11 is 0. The highest BCUT2D eigenvalue weighted by molar-refractivity contribution is 6.08. The normalized spacial score (nSPS) is 19.9. The minimum absolute atomic E-state index is 0.0523. The van der Waals surface area contributed by atoms with Crippen LogP contribution >= 0.6 is 0 Å². The summed E-state index contributed by atoms with van der Waals surface area (Å²) in [6.45, 7) is 2.99. The van der Waals surface area contributed by atoms with Crippen LogP contribution in [0.1, 0.15) is 25.8 Å². The molecule has 0 radical (unpaired) electrons. The number of alkyl halides is 3. The average Bonchev–Trinajstić information content (AvgIpc) is 2.71. The fourth-order valence-electron chi connectivity index (χ4n) is 2.32. The topological polar surface area (TPSA) is 66.5 Å². The Bertz CT molecular complexity index is 640. The van der Waals surface area contributed by atoms with Gasteiger partial charge >= 0.3 is 6.18 Å². The molecule has 0 spiro atoms. The molecule has 2 rings (SSSR count). The molecule has 1 N–H and O–H groups in total. The molecule has 0 aromatic heterocycles. The van der Waals surface area contributed by atoms with Gasteiger partial charge in [-0.3, -0.25) is 19.3 Å². The summed E-state index contributed by atoms with van der Waals surface area (Å²) in [5.74, 6) is -1.97. The van der Waals surface area contributed by atoms with E-state index in [9.17, 15) is 27.6 Å². The predicted octanol–water partition coefficient (Wildman–Crippen LogP) is 2.43. The Balaban J connectivity index is 2.07. The van der Waals surface area contributed by atoms with Crippen molar-refractivity contribution in [3.8, 4) is 0 Å². The summed E-state index contributed by atoms with van der Waals surface area (Å²) < 4.78 is 37.4. The number of amides is 3. The van der Waals surface area contributed by atoms with Crippen molar-refractivity contribution in [3.63, 3.8) is 0 Å². The van der Waals surface area contributed by atoms with Gasteiger partial charge < -0.3 is 5.32 Å². The molecular weight excluding hydrogens is 313 g/mol. The summed E-state index contributed by atoms with van der Waals surface area (Å²) in [5, 5.41) is 2.40. The van der Waals surface area contributed by atoms with Gasteiger partial charge in [0, 0.05) is 18.0 Å². The molecule has 5 nitrogen and oxygen atoms in total. The van der Waals surface area contributed by atoms with Crippen LogP contribution in [0.4, 0.5) is 18.9 Å². The third-order valence-electron chi connectivity index (χ3n) is 3.66. The van der Waals surface area contributed by atoms with Crippen LogP contribution < -0.4 is 5.32 Å². The quantitative estimate of drug-likeness (QED) is 0.867. The zero-order valence-electron chi connectivity index (χ0n) is 12.5. The molecule has 0 bridgehead atoms. The second-order valence-electron chi connectivity index (χ2n) is 5.45. The SMILES string of the molecule is CC1CC(=O)N(C(C)C(=O)Nc2ccc(C(F)(F)F)cc2)C1=O. The third-order valence-corrected chi connectivity index (χ3v) is 3.66. The van der Waals surface area contributed by atoms with E-state index in [4.69, 9.17) is 0 Å². The number of imide groups is 1. The van der Waals surface area contributed by atoms with Crippen molar-refractivity contribution in [2.45, 2.75) is 32.5 Å². The van der Waals surface area contributed by atoms with Crippen LogP contribution in [0.15, 0.2) is 24.3 Å². The van der Waals surface area contributed by atoms with Gasteiger partial charge in [0.25, 0.3) is 0 Å². The second-order valence-corrected chi connectivity index (χ2v) is 5.45. The van der Waals surface area contributed by atoms with Crippen molar-refractivity contribution in [1.29, 1.82) is 0 Å². The van der Waals surface area contributed by atoms with Crippen LogP contribution in [-0.4, -0.2) is 28.7 Å². The van der Waals surface area contributed by atoms with Crippen molar-refractivity contribution in [2.75, 3.05) is 5.32 Å². The number of anilines is 1. The lowest BCUT2D eigenvalue weighted by Gasteiger charge is -2.22. The lowest BCUT2D eigenvalue weighted by molar-refractivity contribution is -0.145. The molecular formula is C15H15F3N2O3. The van der Waals surface area contributed by atoms with E-state index >= 15 is 0 Å². The van der Waals surface area contributed by atoms with Crippen molar-refractivity contribution < 1.29 is 27.6 Å². The first-order chi connectivity index (χ1) is 10.6. The van der Waals surface area contributed by atoms with Crippen LogP contribution in [0, 0.1) is 5.92 Å². The Kier molecular flexibility index (Phi) is 4.44. The maximum atomic E-state index is 12.5. The van der Waals surface area contributed by atoms with Gasteiger partial charge in [0.1, 0.15) is 6.04 Å². The Labute approximate surface area is 130 Å². The zero-order chi connectivity index (χ0) is 17.4. The van der Waals surface area contributed by atoms with E-state index in [1.807, 2.05) is 0 Å². The monoisotopic (exact) mass is 328 g/mol. The first-order valence-electron chi connectivity index (χ1n) is 6.95. The molecule has 1 fully saturated rings. The summed E-state index contributed by atoms with van der Waals surface area (Å²) in [6.07, 6.45) is -4.41. The van der Waals surface area contributed by atoms with Crippen molar-refractivity contribution in [2.24, 2.45) is 5.92 Å². The number of hydrogen-bond donors (Lipinski definition) is 1. The van der Waals surface area contributed by atoms with Gasteiger partial charge in [0.2, 0.25) is 17.7 Å². The number of nitrogens with zero attached hydrogens (tertiary/aromatic N) is 1. The standard InChI is InChI=1S/C15H15F3N2O3/c1-8-7-12(21)20(14(8)23)9(2)13(22)19-11-5-3-10(4-6-11)15(16,17)18/h3-6,8-9H,7H2,1-2H3,(H,19,22). The molecule has 0 saturated carbocycles. The van der Waals surface area contributed by atoms with Crippen LogP contribution in [-0.2, 0) is 20.6 Å². The largest absolute Gasteiger partial charge is 0.416 e. The second kappa shape index (κ2) is 6.02. The Morgan fingerprint density at radius 3 is 2.26 bits per heavy atom. The molecule has 23 heavy (non-hydrogen) atoms. The highest BCUT2D eigenvalue weighted by Gasteiger charge is 2.40. The molecule has 2 atom stereocenters. The molecule has 1 aromatic rings. The highest BCUT2D eigenvalue weighted by Crippen LogP contribution is 2.30. The number of hydrogen-bond acceptors (Lipinski definition) is 3. The van der Waals surface area contributed by atoms with Crippen LogP contribution in [0.5, 0.6) is 0 Å². The van der Waals surface area contributed by atoms with E-state index in [1.54, 1.807) is 6.92 Å². The van der Waals surface area contributed by atoms with Gasteiger partial charge in [-0.15, -0.1) is 0 Å². The van der Waals surface area contributed by atoms with Gasteiger partial charge in [0.05, 0.1) is 5.56 Å². The zero-order valence-corrected chi connectivity index (χ0v) is 12.5. The van der Waals surface area contributed by atoms with Gasteiger partial charge in [-0.1, -0.05) is 6.92 Å². The van der Waals surface area contributed by atoms with E-state index in [-0.39, 0.29) is 12.1 Å². The lowest BCUT2D eigenvalue weighted by atomic mass is 10.1. The number of likely N-dealkylation sites (tertiary alicyclic amines) is 1. The van der Waals surface area contributed by atoms with E-state index < -0.39 is 41.4 Å². The highest BCUT2D eigenvalue weighted by atomic mass is 19.4. The molecule has 1 aromatic carbocycles. The maximum Gasteiger partial charge on any atom is 0.416 e. The number of rotatable bonds is 3. The molecule has 124 valence electrons. The molecule has 2 unspecified atom stereocenters. The van der Waals surface area contributed by atoms with Gasteiger partial charge in [-0.2, -0.15) is 13.2 Å². The molecule has 8 heteroatoms. The average molecular weight is 328 g/mol. The first-order valence-corrected chi connectivity index (χ1v) is 6.95. The summed E-state index contributed by atoms with van der Waals surface area (Å²) in [7, 11) is 0. The summed E-state index contributed by atoms with van der Waals surface area (Å²) in [6, 6.07) is 2.89. The minimum Gasteiger partial charge on any atom is -0.324 e. The predicted molar refractivity (Wildman–Crippen MR) is 75.2 cm³/mol. The Morgan fingerprint density at radius 1 is 1.26 bits per heavy atom. The molecule has 3 amide bonds. The van der Waals surface area contributed by atoms with Crippen molar-refractivity contribution >= 4 is 23.4 Å². The van der Waals surface area contributed by atoms with E-state index in [0.717, 1.165) is 29.2 Å². The maximum absolute atomic E-state index is 12.5. The van der Waals surface area contributed by atoms with E-state index in [1.165, 1.54) is 6.92 Å². The van der Waals surface area contributed by atoms with E-state index in [2.05, 4.69) is 5.32 Å². The molecule has 1 saturated heterocycles. The first kappa shape index (κ1) is 17.0. The minimum atomic E-state index is -4.46. The summed E-state index contributed by atoms with van der Waals surface area (Å²) in [4.78, 5) is 36.6. The third kappa shape index (κ3) is 3.52. The Hall–Kier alpha value is -2.38. The van der Waals surface area contributed by atoms with Crippen LogP contribution in [0.3, 0.4) is 0 Å². The fourth-order valence-corrected chi connectivity index (χ4v) is 2.32. The molecule has 1 aliphatic rings. The fraction of sp³-hybridized carbons (Fsp3) is 0.400. The molecule has 0 aliphatic carbocycles. The number of nitrogens with one attached hydrogen (secondary N) is 1. The van der Waals surface area contributed by atoms with Gasteiger partial charge in [0.15, 0.2) is 0 Å². The molecule has 1 aliphatic heterocycles. The van der Waals surface area contributed by atoms with Crippen molar-refractivity contribution in [1.82, 2.24) is 4.90 Å². The molecule has 1 heterocycles. The van der Waals surface area contributed by atoms with Crippen molar-refractivity contribution in [3.05, 3.63) is 29.8 Å². The lowest BCUT2D eigenvalue weighted by Crippen LogP contribution is -2.45. The number of halogens is 3. The smallest absolute Gasteiger partial charge is 0.324 e. The summed E-state index contributed by atoms with van der Waals surface area (Å²) in [5.41, 5.74) is -0.677.